The molecule has 0 aromatic carbocycles. The Hall–Kier alpha value is -0.730. The van der Waals surface area contributed by atoms with E-state index in [9.17, 15) is 4.79 Å². The molecule has 1 rings (SSSR count). The molecule has 0 spiro atoms. The smallest absolute Gasteiger partial charge is 0.409 e. The van der Waals surface area contributed by atoms with Crippen LogP contribution in [0.15, 0.2) is 0 Å². The quantitative estimate of drug-likeness (QED) is 0.627. The van der Waals surface area contributed by atoms with Gasteiger partial charge in [-0.3, -0.25) is 0 Å². The summed E-state index contributed by atoms with van der Waals surface area (Å²) in [6.07, 6.45) is 5.61. The predicted molar refractivity (Wildman–Crippen MR) is 51.7 cm³/mol. The van der Waals surface area contributed by atoms with Crippen molar-refractivity contribution < 1.29 is 9.53 Å². The van der Waals surface area contributed by atoms with Crippen LogP contribution in [0.2, 0.25) is 0 Å². The average Bonchev–Trinajstić information content (AvgIpc) is 2.41. The third-order valence-electron chi connectivity index (χ3n) is 2.76. The fraction of sp³-hybridized carbons (Fsp3) is 0.900. The Labute approximate surface area is 80.1 Å². The molecule has 0 aromatic rings. The van der Waals surface area contributed by atoms with E-state index in [0.29, 0.717) is 6.04 Å². The van der Waals surface area contributed by atoms with Gasteiger partial charge in [0.1, 0.15) is 0 Å². The molecule has 3 heteroatoms. The van der Waals surface area contributed by atoms with Crippen LogP contribution in [0.3, 0.4) is 0 Å². The maximum atomic E-state index is 11.4. The second-order valence-electron chi connectivity index (χ2n) is 3.57. The largest absolute Gasteiger partial charge is 0.453 e. The Balaban J connectivity index is 2.58. The monoisotopic (exact) mass is 185 g/mol. The van der Waals surface area contributed by atoms with Crippen molar-refractivity contribution in [2.45, 2.75) is 45.1 Å². The first-order valence-electron chi connectivity index (χ1n) is 5.14. The molecule has 76 valence electrons. The molecule has 1 atom stereocenters. The molecule has 0 saturated carbocycles. The lowest BCUT2D eigenvalue weighted by molar-refractivity contribution is 0.105. The van der Waals surface area contributed by atoms with Gasteiger partial charge in [0.2, 0.25) is 0 Å². The fourth-order valence-electron chi connectivity index (χ4n) is 1.96. The lowest BCUT2D eigenvalue weighted by Crippen LogP contribution is -2.39. The van der Waals surface area contributed by atoms with Gasteiger partial charge in [-0.15, -0.1) is 0 Å². The van der Waals surface area contributed by atoms with E-state index in [2.05, 4.69) is 6.92 Å². The molecule has 1 fully saturated rings. The Morgan fingerprint density at radius 2 is 2.23 bits per heavy atom. The summed E-state index contributed by atoms with van der Waals surface area (Å²) < 4.78 is 4.76. The summed E-state index contributed by atoms with van der Waals surface area (Å²) in [4.78, 5) is 13.3. The van der Waals surface area contributed by atoms with Crippen LogP contribution < -0.4 is 0 Å². The zero-order valence-electron chi connectivity index (χ0n) is 8.58. The maximum absolute atomic E-state index is 11.4. The Morgan fingerprint density at radius 3 is 2.85 bits per heavy atom. The molecule has 1 amide bonds. The summed E-state index contributed by atoms with van der Waals surface area (Å²) in [6.45, 7) is 3.00. The highest BCUT2D eigenvalue weighted by atomic mass is 16.5. The van der Waals surface area contributed by atoms with E-state index in [0.717, 1.165) is 25.8 Å². The summed E-state index contributed by atoms with van der Waals surface area (Å²) in [5.41, 5.74) is 0. The number of hydrogen-bond acceptors (Lipinski definition) is 2. The van der Waals surface area contributed by atoms with Crippen molar-refractivity contribution in [3.63, 3.8) is 0 Å². The highest BCUT2D eigenvalue weighted by Gasteiger charge is 2.24. The number of methoxy groups -OCH3 is 1. The van der Waals surface area contributed by atoms with Crippen LogP contribution in [0.1, 0.15) is 39.0 Å². The molecule has 3 nitrogen and oxygen atoms in total. The Bertz CT molecular complexity index is 170. The van der Waals surface area contributed by atoms with E-state index in [1.807, 2.05) is 4.90 Å². The van der Waals surface area contributed by atoms with Gasteiger partial charge in [-0.05, 0) is 19.3 Å². The second-order valence-corrected chi connectivity index (χ2v) is 3.57. The van der Waals surface area contributed by atoms with E-state index >= 15 is 0 Å². The fourth-order valence-corrected chi connectivity index (χ4v) is 1.96. The zero-order valence-corrected chi connectivity index (χ0v) is 8.58. The number of carbonyl (C=O) groups excluding carboxylic acids is 1. The van der Waals surface area contributed by atoms with E-state index < -0.39 is 0 Å². The molecule has 1 unspecified atom stereocenters. The zero-order chi connectivity index (χ0) is 9.68. The third-order valence-corrected chi connectivity index (χ3v) is 2.76. The first kappa shape index (κ1) is 10.4. The van der Waals surface area contributed by atoms with Gasteiger partial charge < -0.3 is 9.64 Å². The number of hydrogen-bond donors (Lipinski definition) is 0. The Kier molecular flexibility index (Phi) is 4.06. The number of nitrogens with zero attached hydrogens (tertiary/aromatic N) is 1. The van der Waals surface area contributed by atoms with Crippen LogP contribution in [-0.4, -0.2) is 30.7 Å². The van der Waals surface area contributed by atoms with Crippen molar-refractivity contribution in [2.75, 3.05) is 13.7 Å². The molecular formula is C10H19NO2. The second kappa shape index (κ2) is 5.10. The average molecular weight is 185 g/mol. The summed E-state index contributed by atoms with van der Waals surface area (Å²) >= 11 is 0. The van der Waals surface area contributed by atoms with Crippen LogP contribution in [0, 0.1) is 0 Å². The number of amides is 1. The molecule has 0 aromatic heterocycles. The molecule has 0 aliphatic carbocycles. The van der Waals surface area contributed by atoms with Gasteiger partial charge in [0.25, 0.3) is 0 Å². The third kappa shape index (κ3) is 2.61. The van der Waals surface area contributed by atoms with E-state index in [-0.39, 0.29) is 6.09 Å². The minimum atomic E-state index is -0.159. The Morgan fingerprint density at radius 1 is 1.46 bits per heavy atom. The minimum absolute atomic E-state index is 0.159. The standard InChI is InChI=1S/C10H19NO2/c1-3-9-7-5-4-6-8-11(9)10(12)13-2/h9H,3-8H2,1-2H3. The van der Waals surface area contributed by atoms with Crippen LogP contribution >= 0.6 is 0 Å². The van der Waals surface area contributed by atoms with Gasteiger partial charge in [-0.2, -0.15) is 0 Å². The van der Waals surface area contributed by atoms with Crippen molar-refractivity contribution in [1.82, 2.24) is 4.90 Å². The van der Waals surface area contributed by atoms with Gasteiger partial charge in [0, 0.05) is 12.6 Å². The number of likely N-dealkylation sites (tertiary alicyclic amines) is 1. The van der Waals surface area contributed by atoms with E-state index in [1.165, 1.54) is 20.0 Å². The summed E-state index contributed by atoms with van der Waals surface area (Å²) in [5.74, 6) is 0. The predicted octanol–water partition coefficient (Wildman–Crippen LogP) is 2.41. The first-order valence-corrected chi connectivity index (χ1v) is 5.14. The maximum Gasteiger partial charge on any atom is 0.409 e. The van der Waals surface area contributed by atoms with Crippen molar-refractivity contribution in [3.05, 3.63) is 0 Å². The molecule has 0 radical (unpaired) electrons. The van der Waals surface area contributed by atoms with E-state index in [4.69, 9.17) is 4.74 Å². The van der Waals surface area contributed by atoms with Gasteiger partial charge in [-0.25, -0.2) is 4.79 Å². The van der Waals surface area contributed by atoms with Crippen molar-refractivity contribution >= 4 is 6.09 Å². The number of rotatable bonds is 1. The molecular weight excluding hydrogens is 166 g/mol. The van der Waals surface area contributed by atoms with Gasteiger partial charge in [0.05, 0.1) is 7.11 Å². The molecule has 1 heterocycles. The van der Waals surface area contributed by atoms with Crippen molar-refractivity contribution in [3.8, 4) is 0 Å². The lowest BCUT2D eigenvalue weighted by atomic mass is 10.1. The van der Waals surface area contributed by atoms with Crippen molar-refractivity contribution in [1.29, 1.82) is 0 Å². The molecule has 0 bridgehead atoms. The molecule has 0 N–H and O–H groups in total. The molecule has 1 aliphatic rings. The van der Waals surface area contributed by atoms with Crippen molar-refractivity contribution in [2.24, 2.45) is 0 Å². The lowest BCUT2D eigenvalue weighted by Gasteiger charge is -2.27. The van der Waals surface area contributed by atoms with Gasteiger partial charge in [-0.1, -0.05) is 19.8 Å². The van der Waals surface area contributed by atoms with Gasteiger partial charge in [0.15, 0.2) is 0 Å². The summed E-state index contributed by atoms with van der Waals surface area (Å²) in [5, 5.41) is 0. The SMILES string of the molecule is CCC1CCCCCN1C(=O)OC. The van der Waals surface area contributed by atoms with Crippen LogP contribution in [0.25, 0.3) is 0 Å². The first-order chi connectivity index (χ1) is 6.29. The van der Waals surface area contributed by atoms with Gasteiger partial charge >= 0.3 is 6.09 Å². The summed E-state index contributed by atoms with van der Waals surface area (Å²) in [7, 11) is 1.46. The molecule has 13 heavy (non-hydrogen) atoms. The topological polar surface area (TPSA) is 29.5 Å². The number of carbonyl (C=O) groups is 1. The summed E-state index contributed by atoms with van der Waals surface area (Å²) in [6, 6.07) is 0.398. The van der Waals surface area contributed by atoms with Crippen LogP contribution in [0.4, 0.5) is 4.79 Å². The highest BCUT2D eigenvalue weighted by Crippen LogP contribution is 2.19. The highest BCUT2D eigenvalue weighted by molar-refractivity contribution is 5.67. The molecule has 1 saturated heterocycles. The number of ether oxygens (including phenoxy) is 1. The van der Waals surface area contributed by atoms with Crippen LogP contribution in [-0.2, 0) is 4.74 Å². The van der Waals surface area contributed by atoms with Crippen LogP contribution in [0.5, 0.6) is 0 Å². The normalized spacial score (nSPS) is 23.8. The molecule has 1 aliphatic heterocycles. The van der Waals surface area contributed by atoms with E-state index in [1.54, 1.807) is 0 Å². The minimum Gasteiger partial charge on any atom is -0.453 e.